The second-order valence-corrected chi connectivity index (χ2v) is 6.05. The Morgan fingerprint density at radius 1 is 1.42 bits per heavy atom. The van der Waals surface area contributed by atoms with Crippen LogP contribution in [0.15, 0.2) is 18.2 Å². The molecule has 1 rings (SSSR count). The first-order chi connectivity index (χ1) is 8.85. The maximum Gasteiger partial charge on any atom is 0.252 e. The van der Waals surface area contributed by atoms with E-state index < -0.39 is 5.82 Å². The number of nitrogens with one attached hydrogen (secondary N) is 1. The molecule has 1 amide bonds. The van der Waals surface area contributed by atoms with E-state index in [0.29, 0.717) is 12.4 Å². The number of halogens is 3. The fourth-order valence-electron chi connectivity index (χ4n) is 1.72. The van der Waals surface area contributed by atoms with Gasteiger partial charge in [0, 0.05) is 12.4 Å². The van der Waals surface area contributed by atoms with Crippen molar-refractivity contribution in [2.45, 2.75) is 26.7 Å². The molecule has 0 aliphatic heterocycles. The molecule has 1 aromatic rings. The van der Waals surface area contributed by atoms with E-state index in [-0.39, 0.29) is 21.9 Å². The normalized spacial score (nSPS) is 11.4. The van der Waals surface area contributed by atoms with E-state index in [1.807, 2.05) is 0 Å². The second-order valence-electron chi connectivity index (χ2n) is 5.26. The smallest absolute Gasteiger partial charge is 0.252 e. The third-order valence-electron chi connectivity index (χ3n) is 2.89. The van der Waals surface area contributed by atoms with Crippen molar-refractivity contribution in [1.82, 2.24) is 5.32 Å². The summed E-state index contributed by atoms with van der Waals surface area (Å²) in [7, 11) is 0. The molecule has 19 heavy (non-hydrogen) atoms. The number of carbonyl (C=O) groups excluding carboxylic acids is 1. The van der Waals surface area contributed by atoms with Crippen LogP contribution in [-0.4, -0.2) is 18.3 Å². The first kappa shape index (κ1) is 16.3. The largest absolute Gasteiger partial charge is 0.351 e. The zero-order valence-corrected chi connectivity index (χ0v) is 12.6. The van der Waals surface area contributed by atoms with E-state index in [2.05, 4.69) is 19.2 Å². The molecular formula is C14H18Cl2FNO. The van der Waals surface area contributed by atoms with Gasteiger partial charge in [0.05, 0.1) is 10.6 Å². The van der Waals surface area contributed by atoms with Crippen molar-refractivity contribution in [1.29, 1.82) is 0 Å². The molecule has 0 heterocycles. The molecule has 0 bridgehead atoms. The van der Waals surface area contributed by atoms with E-state index in [1.165, 1.54) is 12.1 Å². The van der Waals surface area contributed by atoms with E-state index in [4.69, 9.17) is 23.2 Å². The lowest BCUT2D eigenvalue weighted by atomic mass is 9.88. The van der Waals surface area contributed by atoms with Crippen LogP contribution in [0.3, 0.4) is 0 Å². The molecule has 0 spiro atoms. The highest BCUT2D eigenvalue weighted by Gasteiger charge is 2.19. The molecule has 5 heteroatoms. The van der Waals surface area contributed by atoms with Crippen LogP contribution >= 0.6 is 23.2 Å². The molecule has 0 atom stereocenters. The number of amides is 1. The van der Waals surface area contributed by atoms with Crippen LogP contribution in [-0.2, 0) is 0 Å². The van der Waals surface area contributed by atoms with Crippen LogP contribution in [0.4, 0.5) is 4.39 Å². The fraction of sp³-hybridized carbons (Fsp3) is 0.500. The Balaban J connectivity index is 2.60. The van der Waals surface area contributed by atoms with Crippen molar-refractivity contribution in [2.75, 3.05) is 12.4 Å². The lowest BCUT2D eigenvalue weighted by Gasteiger charge is -2.24. The third-order valence-corrected chi connectivity index (χ3v) is 3.47. The van der Waals surface area contributed by atoms with Gasteiger partial charge in [-0.25, -0.2) is 4.39 Å². The molecule has 1 aromatic carbocycles. The Kier molecular flexibility index (Phi) is 6.08. The summed E-state index contributed by atoms with van der Waals surface area (Å²) in [6.45, 7) is 4.65. The summed E-state index contributed by atoms with van der Waals surface area (Å²) in [6, 6.07) is 3.74. The molecule has 0 saturated carbocycles. The summed E-state index contributed by atoms with van der Waals surface area (Å²) < 4.78 is 12.9. The van der Waals surface area contributed by atoms with Crippen molar-refractivity contribution in [3.8, 4) is 0 Å². The first-order valence-electron chi connectivity index (χ1n) is 6.15. The van der Waals surface area contributed by atoms with Gasteiger partial charge in [0.15, 0.2) is 0 Å². The van der Waals surface area contributed by atoms with Gasteiger partial charge in [-0.05, 0) is 36.5 Å². The SMILES string of the molecule is CC(C)(CCCCl)CNC(=O)c1ccc(F)cc1Cl. The Hall–Kier alpha value is -0.800. The number of rotatable bonds is 6. The molecule has 0 aliphatic carbocycles. The van der Waals surface area contributed by atoms with Gasteiger partial charge < -0.3 is 5.32 Å². The van der Waals surface area contributed by atoms with E-state index >= 15 is 0 Å². The molecular weight excluding hydrogens is 288 g/mol. The van der Waals surface area contributed by atoms with Gasteiger partial charge >= 0.3 is 0 Å². The molecule has 0 saturated heterocycles. The van der Waals surface area contributed by atoms with Gasteiger partial charge in [-0.15, -0.1) is 11.6 Å². The molecule has 0 aliphatic rings. The lowest BCUT2D eigenvalue weighted by Crippen LogP contribution is -2.34. The van der Waals surface area contributed by atoms with Crippen molar-refractivity contribution in [3.63, 3.8) is 0 Å². The predicted octanol–water partition coefficient (Wildman–Crippen LogP) is 4.25. The average molecular weight is 306 g/mol. The number of hydrogen-bond acceptors (Lipinski definition) is 1. The zero-order valence-electron chi connectivity index (χ0n) is 11.1. The maximum absolute atomic E-state index is 12.9. The van der Waals surface area contributed by atoms with Crippen LogP contribution < -0.4 is 5.32 Å². The van der Waals surface area contributed by atoms with E-state index in [0.717, 1.165) is 18.9 Å². The molecule has 1 N–H and O–H groups in total. The van der Waals surface area contributed by atoms with E-state index in [9.17, 15) is 9.18 Å². The van der Waals surface area contributed by atoms with Crippen LogP contribution in [0, 0.1) is 11.2 Å². The van der Waals surface area contributed by atoms with Crippen molar-refractivity contribution >= 4 is 29.1 Å². The third kappa shape index (κ3) is 5.37. The summed E-state index contributed by atoms with van der Waals surface area (Å²) in [5, 5.41) is 2.94. The highest BCUT2D eigenvalue weighted by Crippen LogP contribution is 2.22. The minimum Gasteiger partial charge on any atom is -0.351 e. The minimum absolute atomic E-state index is 0.0307. The van der Waals surface area contributed by atoms with Crippen molar-refractivity contribution in [3.05, 3.63) is 34.6 Å². The van der Waals surface area contributed by atoms with Gasteiger partial charge in [-0.3, -0.25) is 4.79 Å². The van der Waals surface area contributed by atoms with Gasteiger partial charge in [0.2, 0.25) is 0 Å². The topological polar surface area (TPSA) is 29.1 Å². The summed E-state index contributed by atoms with van der Waals surface area (Å²) in [5.74, 6) is -0.130. The molecule has 0 aromatic heterocycles. The maximum atomic E-state index is 12.9. The summed E-state index contributed by atoms with van der Waals surface area (Å²) >= 11 is 11.5. The first-order valence-corrected chi connectivity index (χ1v) is 7.06. The average Bonchev–Trinajstić information content (AvgIpc) is 2.34. The van der Waals surface area contributed by atoms with Crippen molar-refractivity contribution in [2.24, 2.45) is 5.41 Å². The highest BCUT2D eigenvalue weighted by molar-refractivity contribution is 6.33. The standard InChI is InChI=1S/C14H18Cl2FNO/c1-14(2,6-3-7-15)9-18-13(19)11-5-4-10(17)8-12(11)16/h4-5,8H,3,6-7,9H2,1-2H3,(H,18,19). The zero-order chi connectivity index (χ0) is 14.5. The second kappa shape index (κ2) is 7.11. The quantitative estimate of drug-likeness (QED) is 0.782. The monoisotopic (exact) mass is 305 g/mol. The predicted molar refractivity (Wildman–Crippen MR) is 77.5 cm³/mol. The summed E-state index contributed by atoms with van der Waals surface area (Å²) in [6.07, 6.45) is 1.83. The van der Waals surface area contributed by atoms with E-state index in [1.54, 1.807) is 0 Å². The minimum atomic E-state index is -0.455. The number of alkyl halides is 1. The highest BCUT2D eigenvalue weighted by atomic mass is 35.5. The molecule has 0 radical (unpaired) electrons. The summed E-state index contributed by atoms with van der Waals surface area (Å²) in [4.78, 5) is 12.0. The molecule has 2 nitrogen and oxygen atoms in total. The van der Waals surface area contributed by atoms with Gasteiger partial charge in [0.25, 0.3) is 5.91 Å². The fourth-order valence-corrected chi connectivity index (χ4v) is 2.11. The molecule has 106 valence electrons. The van der Waals surface area contributed by atoms with Crippen LogP contribution in [0.1, 0.15) is 37.0 Å². The van der Waals surface area contributed by atoms with Crippen molar-refractivity contribution < 1.29 is 9.18 Å². The molecule has 0 fully saturated rings. The Morgan fingerprint density at radius 3 is 2.68 bits per heavy atom. The van der Waals surface area contributed by atoms with Gasteiger partial charge in [-0.1, -0.05) is 25.4 Å². The van der Waals surface area contributed by atoms with Crippen LogP contribution in [0.5, 0.6) is 0 Å². The van der Waals surface area contributed by atoms with Crippen LogP contribution in [0.2, 0.25) is 5.02 Å². The van der Waals surface area contributed by atoms with Gasteiger partial charge in [-0.2, -0.15) is 0 Å². The lowest BCUT2D eigenvalue weighted by molar-refractivity contribution is 0.0934. The Morgan fingerprint density at radius 2 is 2.11 bits per heavy atom. The summed E-state index contributed by atoms with van der Waals surface area (Å²) in [5.41, 5.74) is 0.257. The Labute approximate surface area is 123 Å². The van der Waals surface area contributed by atoms with Gasteiger partial charge in [0.1, 0.15) is 5.82 Å². The number of carbonyl (C=O) groups is 1. The number of hydrogen-bond donors (Lipinski definition) is 1. The molecule has 0 unspecified atom stereocenters. The Bertz CT molecular complexity index is 449. The number of benzene rings is 1. The van der Waals surface area contributed by atoms with Crippen LogP contribution in [0.25, 0.3) is 0 Å².